The molecule has 3 nitrogen and oxygen atoms in total. The normalized spacial score (nSPS) is 12.6. The van der Waals surface area contributed by atoms with Crippen LogP contribution in [-0.4, -0.2) is 16.5 Å². The molecule has 0 radical (unpaired) electrons. The van der Waals surface area contributed by atoms with Crippen molar-refractivity contribution in [3.8, 4) is 0 Å². The van der Waals surface area contributed by atoms with Gasteiger partial charge in [-0.1, -0.05) is 6.92 Å². The fraction of sp³-hybridized carbons (Fsp3) is 0.333. The Labute approximate surface area is 113 Å². The largest absolute Gasteiger partial charge is 0.309 e. The van der Waals surface area contributed by atoms with Crippen LogP contribution in [-0.2, 0) is 6.42 Å². The van der Waals surface area contributed by atoms with E-state index in [0.29, 0.717) is 0 Å². The van der Waals surface area contributed by atoms with Crippen molar-refractivity contribution in [3.63, 3.8) is 0 Å². The van der Waals surface area contributed by atoms with Crippen LogP contribution in [0, 0.1) is 0 Å². The van der Waals surface area contributed by atoms with Gasteiger partial charge in [0.1, 0.15) is 6.33 Å². The Balaban J connectivity index is 2.13. The van der Waals surface area contributed by atoms with E-state index in [2.05, 4.69) is 50.3 Å². The first-order valence-electron chi connectivity index (χ1n) is 5.53. The Morgan fingerprint density at radius 2 is 2.29 bits per heavy atom. The molecule has 0 amide bonds. The lowest BCUT2D eigenvalue weighted by molar-refractivity contribution is 0.539. The number of aromatic nitrogens is 2. The van der Waals surface area contributed by atoms with Crippen LogP contribution >= 0.6 is 27.3 Å². The first-order valence-corrected chi connectivity index (χ1v) is 7.14. The lowest BCUT2D eigenvalue weighted by Gasteiger charge is -2.16. The second-order valence-electron chi connectivity index (χ2n) is 3.65. The summed E-state index contributed by atoms with van der Waals surface area (Å²) in [5.74, 6) is 0. The highest BCUT2D eigenvalue weighted by molar-refractivity contribution is 9.11. The van der Waals surface area contributed by atoms with Crippen molar-refractivity contribution in [2.75, 3.05) is 6.54 Å². The van der Waals surface area contributed by atoms with E-state index in [1.165, 1.54) is 8.66 Å². The molecule has 17 heavy (non-hydrogen) atoms. The van der Waals surface area contributed by atoms with Crippen molar-refractivity contribution in [3.05, 3.63) is 45.1 Å². The third-order valence-electron chi connectivity index (χ3n) is 2.45. The Morgan fingerprint density at radius 3 is 2.88 bits per heavy atom. The maximum Gasteiger partial charge on any atom is 0.115 e. The van der Waals surface area contributed by atoms with Crippen molar-refractivity contribution in [2.45, 2.75) is 19.4 Å². The molecule has 1 atom stereocenters. The highest BCUT2D eigenvalue weighted by Crippen LogP contribution is 2.26. The average Bonchev–Trinajstić information content (AvgIpc) is 2.75. The fourth-order valence-electron chi connectivity index (χ4n) is 1.70. The Hall–Kier alpha value is -0.780. The highest BCUT2D eigenvalue weighted by Gasteiger charge is 2.13. The lowest BCUT2D eigenvalue weighted by Crippen LogP contribution is -2.23. The third-order valence-corrected chi connectivity index (χ3v) is 4.09. The minimum Gasteiger partial charge on any atom is -0.309 e. The molecule has 1 N–H and O–H groups in total. The van der Waals surface area contributed by atoms with Crippen LogP contribution in [0.25, 0.3) is 0 Å². The van der Waals surface area contributed by atoms with Gasteiger partial charge in [-0.25, -0.2) is 9.97 Å². The molecule has 90 valence electrons. The molecule has 2 aromatic rings. The van der Waals surface area contributed by atoms with Gasteiger partial charge in [-0.05, 0) is 40.7 Å². The Morgan fingerprint density at radius 1 is 1.41 bits per heavy atom. The maximum absolute atomic E-state index is 4.32. The van der Waals surface area contributed by atoms with Crippen LogP contribution in [0.5, 0.6) is 0 Å². The summed E-state index contributed by atoms with van der Waals surface area (Å²) in [5.41, 5.74) is 1.05. The number of likely N-dealkylation sites (N-methyl/N-ethyl adjacent to an activating group) is 1. The van der Waals surface area contributed by atoms with Gasteiger partial charge in [-0.3, -0.25) is 0 Å². The van der Waals surface area contributed by atoms with Gasteiger partial charge in [0.05, 0.1) is 15.5 Å². The number of hydrogen-bond acceptors (Lipinski definition) is 4. The van der Waals surface area contributed by atoms with Gasteiger partial charge in [0.25, 0.3) is 0 Å². The molecular formula is C12H14BrN3S. The molecule has 0 spiro atoms. The summed E-state index contributed by atoms with van der Waals surface area (Å²) in [6.07, 6.45) is 4.35. The SMILES string of the molecule is CCNC(Cc1ccc(Br)s1)c1ccncn1. The molecular weight excluding hydrogens is 298 g/mol. The van der Waals surface area contributed by atoms with Crippen LogP contribution in [0.15, 0.2) is 34.5 Å². The molecule has 0 aliphatic heterocycles. The summed E-state index contributed by atoms with van der Waals surface area (Å²) < 4.78 is 1.17. The monoisotopic (exact) mass is 311 g/mol. The number of nitrogens with zero attached hydrogens (tertiary/aromatic N) is 2. The van der Waals surface area contributed by atoms with E-state index in [1.54, 1.807) is 23.9 Å². The minimum absolute atomic E-state index is 0.258. The highest BCUT2D eigenvalue weighted by atomic mass is 79.9. The summed E-state index contributed by atoms with van der Waals surface area (Å²) in [6.45, 7) is 3.04. The quantitative estimate of drug-likeness (QED) is 0.921. The minimum atomic E-state index is 0.258. The molecule has 0 saturated carbocycles. The van der Waals surface area contributed by atoms with E-state index >= 15 is 0 Å². The number of rotatable bonds is 5. The van der Waals surface area contributed by atoms with E-state index < -0.39 is 0 Å². The molecule has 0 aliphatic rings. The maximum atomic E-state index is 4.32. The predicted molar refractivity (Wildman–Crippen MR) is 74.2 cm³/mol. The summed E-state index contributed by atoms with van der Waals surface area (Å²) in [4.78, 5) is 9.62. The van der Waals surface area contributed by atoms with E-state index in [9.17, 15) is 0 Å². The summed E-state index contributed by atoms with van der Waals surface area (Å²) in [6, 6.07) is 6.47. The molecule has 2 aromatic heterocycles. The van der Waals surface area contributed by atoms with Crippen LogP contribution in [0.3, 0.4) is 0 Å². The van der Waals surface area contributed by atoms with E-state index in [-0.39, 0.29) is 6.04 Å². The second-order valence-corrected chi connectivity index (χ2v) is 6.20. The van der Waals surface area contributed by atoms with Gasteiger partial charge in [0.2, 0.25) is 0 Å². The zero-order chi connectivity index (χ0) is 12.1. The van der Waals surface area contributed by atoms with E-state index in [4.69, 9.17) is 0 Å². The predicted octanol–water partition coefficient (Wildman–Crippen LogP) is 3.19. The van der Waals surface area contributed by atoms with Crippen molar-refractivity contribution >= 4 is 27.3 Å². The number of nitrogens with one attached hydrogen (secondary N) is 1. The number of hydrogen-bond donors (Lipinski definition) is 1. The lowest BCUT2D eigenvalue weighted by atomic mass is 10.1. The molecule has 0 aromatic carbocycles. The van der Waals surface area contributed by atoms with Crippen molar-refractivity contribution in [1.29, 1.82) is 0 Å². The van der Waals surface area contributed by atoms with Crippen molar-refractivity contribution < 1.29 is 0 Å². The fourth-order valence-corrected chi connectivity index (χ4v) is 3.23. The number of halogens is 1. The van der Waals surface area contributed by atoms with Crippen LogP contribution in [0.4, 0.5) is 0 Å². The molecule has 0 fully saturated rings. The van der Waals surface area contributed by atoms with Gasteiger partial charge in [-0.2, -0.15) is 0 Å². The van der Waals surface area contributed by atoms with Gasteiger partial charge in [0.15, 0.2) is 0 Å². The first kappa shape index (κ1) is 12.7. The average molecular weight is 312 g/mol. The van der Waals surface area contributed by atoms with Crippen LogP contribution in [0.2, 0.25) is 0 Å². The van der Waals surface area contributed by atoms with Gasteiger partial charge >= 0.3 is 0 Å². The molecule has 2 heterocycles. The molecule has 0 aliphatic carbocycles. The van der Waals surface area contributed by atoms with Gasteiger partial charge in [-0.15, -0.1) is 11.3 Å². The second kappa shape index (κ2) is 6.23. The first-order chi connectivity index (χ1) is 8.29. The molecule has 5 heteroatoms. The number of thiophene rings is 1. The van der Waals surface area contributed by atoms with Gasteiger partial charge < -0.3 is 5.32 Å². The zero-order valence-electron chi connectivity index (χ0n) is 9.56. The van der Waals surface area contributed by atoms with Crippen LogP contribution in [0.1, 0.15) is 23.5 Å². The molecule has 0 bridgehead atoms. The standard InChI is InChI=1S/C12H14BrN3S/c1-2-15-11(10-5-6-14-8-16-10)7-9-3-4-12(13)17-9/h3-6,8,11,15H,2,7H2,1H3. The molecule has 0 saturated heterocycles. The van der Waals surface area contributed by atoms with Crippen LogP contribution < -0.4 is 5.32 Å². The van der Waals surface area contributed by atoms with E-state index in [1.807, 2.05) is 6.07 Å². The van der Waals surface area contributed by atoms with Gasteiger partial charge in [0, 0.05) is 17.5 Å². The Bertz CT molecular complexity index is 458. The third kappa shape index (κ3) is 3.59. The molecule has 1 unspecified atom stereocenters. The summed E-state index contributed by atoms with van der Waals surface area (Å²) in [7, 11) is 0. The van der Waals surface area contributed by atoms with E-state index in [0.717, 1.165) is 18.7 Å². The molecule has 2 rings (SSSR count). The van der Waals surface area contributed by atoms with Crippen molar-refractivity contribution in [2.24, 2.45) is 0 Å². The summed E-state index contributed by atoms with van der Waals surface area (Å²) in [5, 5.41) is 3.46. The zero-order valence-corrected chi connectivity index (χ0v) is 12.0. The van der Waals surface area contributed by atoms with Crippen molar-refractivity contribution in [1.82, 2.24) is 15.3 Å². The topological polar surface area (TPSA) is 37.8 Å². The summed E-state index contributed by atoms with van der Waals surface area (Å²) >= 11 is 5.26. The smallest absolute Gasteiger partial charge is 0.115 e. The Kier molecular flexibility index (Phi) is 4.65.